The van der Waals surface area contributed by atoms with Gasteiger partial charge in [0.05, 0.1) is 0 Å². The van der Waals surface area contributed by atoms with E-state index in [1.807, 2.05) is 0 Å². The molecule has 14 heavy (non-hydrogen) atoms. The van der Waals surface area contributed by atoms with E-state index in [1.165, 1.54) is 38.5 Å². The highest BCUT2D eigenvalue weighted by atomic mass is 16.5. The van der Waals surface area contributed by atoms with Gasteiger partial charge >= 0.3 is 0 Å². The van der Waals surface area contributed by atoms with Crippen molar-refractivity contribution in [1.29, 1.82) is 0 Å². The highest BCUT2D eigenvalue weighted by Gasteiger charge is 1.95. The van der Waals surface area contributed by atoms with Gasteiger partial charge in [0.2, 0.25) is 0 Å². The molecular formula is C11H25NO2. The molecule has 3 heteroatoms. The zero-order valence-electron chi connectivity index (χ0n) is 9.34. The van der Waals surface area contributed by atoms with Crippen molar-refractivity contribution >= 4 is 0 Å². The number of rotatable bonds is 10. The summed E-state index contributed by atoms with van der Waals surface area (Å²) in [5, 5.41) is 20.3. The van der Waals surface area contributed by atoms with Crippen LogP contribution < -0.4 is 5.32 Å². The Kier molecular flexibility index (Phi) is 10.9. The third-order valence-electron chi connectivity index (χ3n) is 2.29. The van der Waals surface area contributed by atoms with Crippen LogP contribution in [0.5, 0.6) is 0 Å². The van der Waals surface area contributed by atoms with Gasteiger partial charge in [0, 0.05) is 6.42 Å². The minimum absolute atomic E-state index is 0.426. The number of aliphatic hydroxyl groups excluding tert-OH is 1. The maximum Gasteiger partial charge on any atom is 0.152 e. The van der Waals surface area contributed by atoms with E-state index >= 15 is 0 Å². The Morgan fingerprint density at radius 3 is 2.21 bits per heavy atom. The second-order valence-corrected chi connectivity index (χ2v) is 3.79. The molecule has 86 valence electrons. The van der Waals surface area contributed by atoms with Gasteiger partial charge in [-0.15, -0.1) is 0 Å². The Balaban J connectivity index is 2.85. The predicted molar refractivity (Wildman–Crippen MR) is 59.1 cm³/mol. The lowest BCUT2D eigenvalue weighted by Crippen LogP contribution is -2.21. The van der Waals surface area contributed by atoms with E-state index in [2.05, 4.69) is 12.2 Å². The van der Waals surface area contributed by atoms with Gasteiger partial charge in [-0.05, 0) is 19.5 Å². The van der Waals surface area contributed by atoms with Gasteiger partial charge in [0.25, 0.3) is 0 Å². The molecule has 0 spiro atoms. The van der Waals surface area contributed by atoms with Crippen molar-refractivity contribution in [3.63, 3.8) is 0 Å². The van der Waals surface area contributed by atoms with Gasteiger partial charge in [0.1, 0.15) is 0 Å². The lowest BCUT2D eigenvalue weighted by atomic mass is 10.1. The summed E-state index contributed by atoms with van der Waals surface area (Å²) in [5.74, 6) is 0. The third-order valence-corrected chi connectivity index (χ3v) is 2.29. The maximum atomic E-state index is 8.57. The van der Waals surface area contributed by atoms with Crippen LogP contribution in [0.1, 0.15) is 51.9 Å². The molecule has 0 radical (unpaired) electrons. The lowest BCUT2D eigenvalue weighted by molar-refractivity contribution is -0.0443. The first-order valence-corrected chi connectivity index (χ1v) is 5.84. The van der Waals surface area contributed by atoms with Crippen molar-refractivity contribution in [3.8, 4) is 0 Å². The minimum atomic E-state index is -1.16. The largest absolute Gasteiger partial charge is 0.368 e. The zero-order chi connectivity index (χ0) is 10.6. The second-order valence-electron chi connectivity index (χ2n) is 3.79. The smallest absolute Gasteiger partial charge is 0.152 e. The van der Waals surface area contributed by atoms with Gasteiger partial charge in [-0.2, -0.15) is 0 Å². The molecule has 0 saturated heterocycles. The first kappa shape index (κ1) is 13.9. The van der Waals surface area contributed by atoms with Crippen molar-refractivity contribution in [2.75, 3.05) is 13.1 Å². The minimum Gasteiger partial charge on any atom is -0.368 e. The van der Waals surface area contributed by atoms with Crippen LogP contribution in [0.4, 0.5) is 0 Å². The third kappa shape index (κ3) is 11.9. The van der Waals surface area contributed by atoms with E-state index < -0.39 is 6.29 Å². The van der Waals surface area contributed by atoms with Gasteiger partial charge < -0.3 is 15.5 Å². The number of hydrogen-bond donors (Lipinski definition) is 3. The molecule has 0 heterocycles. The molecule has 0 amide bonds. The quantitative estimate of drug-likeness (QED) is 0.374. The Morgan fingerprint density at radius 2 is 1.57 bits per heavy atom. The molecule has 0 aromatic rings. The summed E-state index contributed by atoms with van der Waals surface area (Å²) >= 11 is 0. The summed E-state index contributed by atoms with van der Waals surface area (Å²) in [5.41, 5.74) is 0. The fraction of sp³-hybridized carbons (Fsp3) is 1.00. The number of unbranched alkanes of at least 4 members (excludes halogenated alkanes) is 5. The number of aliphatic hydroxyl groups is 2. The van der Waals surface area contributed by atoms with Gasteiger partial charge in [-0.1, -0.05) is 39.0 Å². The fourth-order valence-corrected chi connectivity index (χ4v) is 1.39. The van der Waals surface area contributed by atoms with Crippen molar-refractivity contribution in [2.45, 2.75) is 58.2 Å². The van der Waals surface area contributed by atoms with Crippen LogP contribution in [-0.2, 0) is 0 Å². The molecule has 0 aliphatic heterocycles. The molecule has 3 nitrogen and oxygen atoms in total. The summed E-state index contributed by atoms with van der Waals surface area (Å²) < 4.78 is 0. The first-order chi connectivity index (χ1) is 6.77. The van der Waals surface area contributed by atoms with Crippen LogP contribution >= 0.6 is 0 Å². The monoisotopic (exact) mass is 203 g/mol. The molecule has 0 aromatic heterocycles. The maximum absolute atomic E-state index is 8.57. The molecule has 0 bridgehead atoms. The van der Waals surface area contributed by atoms with Crippen LogP contribution in [0.25, 0.3) is 0 Å². The summed E-state index contributed by atoms with van der Waals surface area (Å²) in [4.78, 5) is 0. The van der Waals surface area contributed by atoms with E-state index in [4.69, 9.17) is 10.2 Å². The lowest BCUT2D eigenvalue weighted by Gasteiger charge is -2.05. The van der Waals surface area contributed by atoms with Crippen LogP contribution in [0.3, 0.4) is 0 Å². The van der Waals surface area contributed by atoms with Gasteiger partial charge in [-0.3, -0.25) is 0 Å². The van der Waals surface area contributed by atoms with E-state index in [0.29, 0.717) is 13.0 Å². The second kappa shape index (κ2) is 11.0. The van der Waals surface area contributed by atoms with Gasteiger partial charge in [-0.25, -0.2) is 0 Å². The molecule has 0 aliphatic rings. The molecule has 0 aromatic carbocycles. The molecule has 0 aliphatic carbocycles. The Morgan fingerprint density at radius 1 is 0.929 bits per heavy atom. The molecule has 0 fully saturated rings. The van der Waals surface area contributed by atoms with E-state index in [1.54, 1.807) is 0 Å². The SMILES string of the molecule is CCCCCCCCNCCC(O)O. The zero-order valence-corrected chi connectivity index (χ0v) is 9.34. The van der Waals surface area contributed by atoms with Crippen LogP contribution in [0.15, 0.2) is 0 Å². The summed E-state index contributed by atoms with van der Waals surface area (Å²) in [6.07, 6.45) is 7.09. The molecular weight excluding hydrogens is 178 g/mol. The topological polar surface area (TPSA) is 52.5 Å². The van der Waals surface area contributed by atoms with Crippen LogP contribution in [-0.4, -0.2) is 29.6 Å². The Labute approximate surface area is 87.5 Å². The Bertz CT molecular complexity index is 107. The fourth-order valence-electron chi connectivity index (χ4n) is 1.39. The highest BCUT2D eigenvalue weighted by Crippen LogP contribution is 2.03. The summed E-state index contributed by atoms with van der Waals surface area (Å²) in [6, 6.07) is 0. The number of nitrogens with one attached hydrogen (secondary N) is 1. The van der Waals surface area contributed by atoms with Crippen molar-refractivity contribution in [1.82, 2.24) is 5.32 Å². The van der Waals surface area contributed by atoms with E-state index in [-0.39, 0.29) is 0 Å². The average molecular weight is 203 g/mol. The van der Waals surface area contributed by atoms with Gasteiger partial charge in [0.15, 0.2) is 6.29 Å². The van der Waals surface area contributed by atoms with Crippen LogP contribution in [0.2, 0.25) is 0 Å². The Hall–Kier alpha value is -0.120. The predicted octanol–water partition coefficient (Wildman–Crippen LogP) is 1.64. The standard InChI is InChI=1S/C11H25NO2/c1-2-3-4-5-6-7-9-12-10-8-11(13)14/h11-14H,2-10H2,1H3. The van der Waals surface area contributed by atoms with Crippen molar-refractivity contribution < 1.29 is 10.2 Å². The highest BCUT2D eigenvalue weighted by molar-refractivity contribution is 4.50. The normalized spacial score (nSPS) is 11.1. The van der Waals surface area contributed by atoms with E-state index in [9.17, 15) is 0 Å². The van der Waals surface area contributed by atoms with Crippen LogP contribution in [0, 0.1) is 0 Å². The molecule has 0 unspecified atom stereocenters. The first-order valence-electron chi connectivity index (χ1n) is 5.84. The van der Waals surface area contributed by atoms with Crippen molar-refractivity contribution in [2.24, 2.45) is 0 Å². The summed E-state index contributed by atoms with van der Waals surface area (Å²) in [7, 11) is 0. The van der Waals surface area contributed by atoms with E-state index in [0.717, 1.165) is 6.54 Å². The number of hydrogen-bond acceptors (Lipinski definition) is 3. The molecule has 3 N–H and O–H groups in total. The molecule has 0 saturated carbocycles. The molecule has 0 rings (SSSR count). The van der Waals surface area contributed by atoms with Crippen molar-refractivity contribution in [3.05, 3.63) is 0 Å². The summed E-state index contributed by atoms with van der Waals surface area (Å²) in [6.45, 7) is 3.92. The average Bonchev–Trinajstić information content (AvgIpc) is 2.15. The molecule has 0 atom stereocenters.